The van der Waals surface area contributed by atoms with Crippen LogP contribution in [0, 0.1) is 0 Å². The summed E-state index contributed by atoms with van der Waals surface area (Å²) >= 11 is 0. The van der Waals surface area contributed by atoms with Crippen LogP contribution >= 0.6 is 0 Å². The molecule has 0 aliphatic carbocycles. The monoisotopic (exact) mass is 192 g/mol. The SMILES string of the molecule is CN(C)CC1CNc2ccccc2O1. The Hall–Kier alpha value is -1.22. The predicted octanol–water partition coefficient (Wildman–Crippen LogP) is 1.42. The Morgan fingerprint density at radius 1 is 1.43 bits per heavy atom. The summed E-state index contributed by atoms with van der Waals surface area (Å²) in [5.74, 6) is 0.964. The maximum Gasteiger partial charge on any atom is 0.142 e. The molecule has 0 fully saturated rings. The number of anilines is 1. The van der Waals surface area contributed by atoms with E-state index in [0.29, 0.717) is 0 Å². The Labute approximate surface area is 84.7 Å². The van der Waals surface area contributed by atoms with Crippen LogP contribution in [0.15, 0.2) is 24.3 Å². The average molecular weight is 192 g/mol. The molecule has 0 bridgehead atoms. The Morgan fingerprint density at radius 2 is 2.21 bits per heavy atom. The summed E-state index contributed by atoms with van der Waals surface area (Å²) in [6.07, 6.45) is 0.250. The van der Waals surface area contributed by atoms with Crippen molar-refractivity contribution in [3.63, 3.8) is 0 Å². The molecule has 0 saturated carbocycles. The molecule has 1 heterocycles. The van der Waals surface area contributed by atoms with E-state index in [0.717, 1.165) is 24.5 Å². The largest absolute Gasteiger partial charge is 0.485 e. The van der Waals surface area contributed by atoms with Crippen LogP contribution in [0.5, 0.6) is 5.75 Å². The van der Waals surface area contributed by atoms with Crippen LogP contribution in [0.2, 0.25) is 0 Å². The first-order valence-electron chi connectivity index (χ1n) is 4.90. The number of fused-ring (bicyclic) bond motifs is 1. The van der Waals surface area contributed by atoms with Crippen molar-refractivity contribution in [1.82, 2.24) is 4.90 Å². The summed E-state index contributed by atoms with van der Waals surface area (Å²) in [5, 5.41) is 3.37. The lowest BCUT2D eigenvalue weighted by atomic mass is 10.2. The highest BCUT2D eigenvalue weighted by Crippen LogP contribution is 2.28. The van der Waals surface area contributed by atoms with Crippen molar-refractivity contribution in [2.45, 2.75) is 6.10 Å². The number of hydrogen-bond donors (Lipinski definition) is 1. The van der Waals surface area contributed by atoms with E-state index in [4.69, 9.17) is 4.74 Å². The fourth-order valence-electron chi connectivity index (χ4n) is 1.67. The molecule has 0 spiro atoms. The Balaban J connectivity index is 2.06. The van der Waals surface area contributed by atoms with E-state index in [-0.39, 0.29) is 6.10 Å². The smallest absolute Gasteiger partial charge is 0.142 e. The van der Waals surface area contributed by atoms with Crippen molar-refractivity contribution in [2.75, 3.05) is 32.5 Å². The second kappa shape index (κ2) is 3.88. The number of para-hydroxylation sites is 2. The predicted molar refractivity (Wildman–Crippen MR) is 57.9 cm³/mol. The van der Waals surface area contributed by atoms with Gasteiger partial charge in [-0.05, 0) is 26.2 Å². The molecule has 1 aromatic carbocycles. The van der Waals surface area contributed by atoms with Crippen molar-refractivity contribution in [2.24, 2.45) is 0 Å². The highest BCUT2D eigenvalue weighted by atomic mass is 16.5. The third kappa shape index (κ3) is 1.99. The van der Waals surface area contributed by atoms with E-state index in [9.17, 15) is 0 Å². The lowest BCUT2D eigenvalue weighted by Gasteiger charge is -2.29. The zero-order valence-corrected chi connectivity index (χ0v) is 8.66. The summed E-state index contributed by atoms with van der Waals surface area (Å²) in [4.78, 5) is 2.14. The second-order valence-electron chi connectivity index (χ2n) is 3.88. The van der Waals surface area contributed by atoms with Crippen molar-refractivity contribution >= 4 is 5.69 Å². The third-order valence-corrected chi connectivity index (χ3v) is 2.27. The summed E-state index contributed by atoms with van der Waals surface area (Å²) in [6, 6.07) is 8.06. The van der Waals surface area contributed by atoms with Crippen LogP contribution in [0.1, 0.15) is 0 Å². The first-order chi connectivity index (χ1) is 6.75. The number of nitrogens with zero attached hydrogens (tertiary/aromatic N) is 1. The summed E-state index contributed by atoms with van der Waals surface area (Å²) < 4.78 is 5.84. The fourth-order valence-corrected chi connectivity index (χ4v) is 1.67. The lowest BCUT2D eigenvalue weighted by molar-refractivity contribution is 0.164. The normalized spacial score (nSPS) is 19.8. The van der Waals surface area contributed by atoms with Gasteiger partial charge in [-0.3, -0.25) is 0 Å². The van der Waals surface area contributed by atoms with Crippen molar-refractivity contribution < 1.29 is 4.74 Å². The van der Waals surface area contributed by atoms with Crippen LogP contribution in [-0.2, 0) is 0 Å². The average Bonchev–Trinajstić information content (AvgIpc) is 2.17. The van der Waals surface area contributed by atoms with Gasteiger partial charge in [0.2, 0.25) is 0 Å². The molecule has 76 valence electrons. The van der Waals surface area contributed by atoms with Gasteiger partial charge >= 0.3 is 0 Å². The molecule has 0 aromatic heterocycles. The quantitative estimate of drug-likeness (QED) is 0.767. The summed E-state index contributed by atoms with van der Waals surface area (Å²) in [5.41, 5.74) is 1.10. The van der Waals surface area contributed by atoms with Crippen molar-refractivity contribution in [1.29, 1.82) is 0 Å². The van der Waals surface area contributed by atoms with Gasteiger partial charge in [0.15, 0.2) is 0 Å². The molecule has 1 aliphatic heterocycles. The van der Waals surface area contributed by atoms with Crippen LogP contribution < -0.4 is 10.1 Å². The number of nitrogens with one attached hydrogen (secondary N) is 1. The second-order valence-corrected chi connectivity index (χ2v) is 3.88. The van der Waals surface area contributed by atoms with Gasteiger partial charge in [0, 0.05) is 6.54 Å². The van der Waals surface area contributed by atoms with Crippen LogP contribution in [0.25, 0.3) is 0 Å². The van der Waals surface area contributed by atoms with E-state index in [2.05, 4.69) is 24.3 Å². The molecule has 2 rings (SSSR count). The number of benzene rings is 1. The minimum atomic E-state index is 0.250. The molecular formula is C11H16N2O. The number of ether oxygens (including phenoxy) is 1. The van der Waals surface area contributed by atoms with E-state index >= 15 is 0 Å². The van der Waals surface area contributed by atoms with Gasteiger partial charge in [0.1, 0.15) is 11.9 Å². The third-order valence-electron chi connectivity index (χ3n) is 2.27. The van der Waals surface area contributed by atoms with E-state index < -0.39 is 0 Å². The molecule has 3 heteroatoms. The zero-order valence-electron chi connectivity index (χ0n) is 8.66. The van der Waals surface area contributed by atoms with Crippen LogP contribution in [0.4, 0.5) is 5.69 Å². The van der Waals surface area contributed by atoms with Gasteiger partial charge in [-0.15, -0.1) is 0 Å². The maximum atomic E-state index is 5.84. The van der Waals surface area contributed by atoms with E-state index in [1.165, 1.54) is 0 Å². The Morgan fingerprint density at radius 3 is 3.00 bits per heavy atom. The van der Waals surface area contributed by atoms with Crippen LogP contribution in [-0.4, -0.2) is 38.2 Å². The highest BCUT2D eigenvalue weighted by molar-refractivity contribution is 5.57. The van der Waals surface area contributed by atoms with Gasteiger partial charge in [-0.2, -0.15) is 0 Å². The molecule has 1 atom stereocenters. The fraction of sp³-hybridized carbons (Fsp3) is 0.455. The highest BCUT2D eigenvalue weighted by Gasteiger charge is 2.18. The van der Waals surface area contributed by atoms with Gasteiger partial charge in [0.05, 0.1) is 12.2 Å². The van der Waals surface area contributed by atoms with E-state index in [1.807, 2.05) is 24.3 Å². The van der Waals surface area contributed by atoms with Gasteiger partial charge in [0.25, 0.3) is 0 Å². The van der Waals surface area contributed by atoms with Gasteiger partial charge in [-0.1, -0.05) is 12.1 Å². The summed E-state index contributed by atoms with van der Waals surface area (Å²) in [7, 11) is 4.12. The Kier molecular flexibility index (Phi) is 2.59. The first-order valence-corrected chi connectivity index (χ1v) is 4.90. The number of hydrogen-bond acceptors (Lipinski definition) is 3. The number of rotatable bonds is 2. The van der Waals surface area contributed by atoms with Crippen molar-refractivity contribution in [3.05, 3.63) is 24.3 Å². The van der Waals surface area contributed by atoms with Crippen LogP contribution in [0.3, 0.4) is 0 Å². The molecule has 1 aliphatic rings. The first kappa shape index (κ1) is 9.34. The maximum absolute atomic E-state index is 5.84. The molecule has 1 unspecified atom stereocenters. The van der Waals surface area contributed by atoms with Gasteiger partial charge < -0.3 is 15.0 Å². The zero-order chi connectivity index (χ0) is 9.97. The minimum absolute atomic E-state index is 0.250. The standard InChI is InChI=1S/C11H16N2O/c1-13(2)8-9-7-12-10-5-3-4-6-11(10)14-9/h3-6,9,12H,7-8H2,1-2H3. The topological polar surface area (TPSA) is 24.5 Å². The number of likely N-dealkylation sites (N-methyl/N-ethyl adjacent to an activating group) is 1. The summed E-state index contributed by atoms with van der Waals surface area (Å²) in [6.45, 7) is 1.83. The van der Waals surface area contributed by atoms with Gasteiger partial charge in [-0.25, -0.2) is 0 Å². The molecule has 0 saturated heterocycles. The minimum Gasteiger partial charge on any atom is -0.485 e. The van der Waals surface area contributed by atoms with E-state index in [1.54, 1.807) is 0 Å². The molecule has 0 radical (unpaired) electrons. The molecular weight excluding hydrogens is 176 g/mol. The van der Waals surface area contributed by atoms with Crippen molar-refractivity contribution in [3.8, 4) is 5.75 Å². The molecule has 1 N–H and O–H groups in total. The molecule has 14 heavy (non-hydrogen) atoms. The molecule has 1 aromatic rings. The molecule has 0 amide bonds. The Bertz CT molecular complexity index is 312. The lowest BCUT2D eigenvalue weighted by Crippen LogP contribution is -2.38. The molecule has 3 nitrogen and oxygen atoms in total.